The summed E-state index contributed by atoms with van der Waals surface area (Å²) < 4.78 is 1.83. The fraction of sp³-hybridized carbons (Fsp3) is 0.438. The van der Waals surface area contributed by atoms with Gasteiger partial charge in [0, 0.05) is 31.5 Å². The maximum absolute atomic E-state index is 4.43. The number of hydrogen-bond donors (Lipinski definition) is 1. The smallest absolute Gasteiger partial charge is 0.0923 e. The second-order valence-corrected chi connectivity index (χ2v) is 4.25. The van der Waals surface area contributed by atoms with Gasteiger partial charge in [-0.3, -0.25) is 4.68 Å². The molecule has 2 rings (SSSR count). The number of hydrogen-bond acceptors (Lipinski definition) is 2. The largest absolute Gasteiger partial charge is 0.388 e. The van der Waals surface area contributed by atoms with Crippen molar-refractivity contribution in [2.75, 3.05) is 12.4 Å². The monoisotopic (exact) mass is 259 g/mol. The van der Waals surface area contributed by atoms with E-state index in [9.17, 15) is 0 Å². The molecule has 0 unspecified atom stereocenters. The van der Waals surface area contributed by atoms with Gasteiger partial charge in [0.25, 0.3) is 0 Å². The second-order valence-electron chi connectivity index (χ2n) is 4.25. The van der Waals surface area contributed by atoms with Crippen molar-refractivity contribution in [1.82, 2.24) is 9.78 Å². The molecule has 1 heterocycles. The Bertz CT molecular complexity index is 500. The fourth-order valence-corrected chi connectivity index (χ4v) is 2.04. The van der Waals surface area contributed by atoms with E-state index in [1.807, 2.05) is 44.9 Å². The van der Waals surface area contributed by atoms with Gasteiger partial charge in [-0.25, -0.2) is 0 Å². The first kappa shape index (κ1) is 15.3. The maximum Gasteiger partial charge on any atom is 0.0923 e. The Morgan fingerprint density at radius 3 is 2.47 bits per heavy atom. The standard InChI is InChI=1S/C14H19N3.C2H6/c1-4-5-11-10-12(6-7-13(11)15-2)14-8-9-17(3)16-14;1-2/h6-10,15H,4-5H2,1-3H3;1-2H3. The van der Waals surface area contributed by atoms with E-state index in [-0.39, 0.29) is 0 Å². The van der Waals surface area contributed by atoms with Crippen LogP contribution in [0, 0.1) is 0 Å². The lowest BCUT2D eigenvalue weighted by atomic mass is 10.0. The average Bonchev–Trinajstić information content (AvgIpc) is 2.88. The van der Waals surface area contributed by atoms with Crippen LogP contribution in [0.15, 0.2) is 30.5 Å². The van der Waals surface area contributed by atoms with Crippen molar-refractivity contribution in [3.8, 4) is 11.3 Å². The Balaban J connectivity index is 0.000000861. The molecule has 0 spiro atoms. The lowest BCUT2D eigenvalue weighted by Gasteiger charge is -2.09. The van der Waals surface area contributed by atoms with E-state index in [0.29, 0.717) is 0 Å². The molecule has 0 aliphatic carbocycles. The van der Waals surface area contributed by atoms with Gasteiger partial charge in [-0.1, -0.05) is 33.3 Å². The number of nitrogens with zero attached hydrogens (tertiary/aromatic N) is 2. The Hall–Kier alpha value is -1.77. The molecule has 0 aliphatic heterocycles. The van der Waals surface area contributed by atoms with Crippen LogP contribution >= 0.6 is 0 Å². The average molecular weight is 259 g/mol. The molecule has 0 bridgehead atoms. The third-order valence-electron chi connectivity index (χ3n) is 2.90. The third-order valence-corrected chi connectivity index (χ3v) is 2.90. The predicted octanol–water partition coefficient (Wildman–Crippen LogP) is 4.11. The minimum atomic E-state index is 1.03. The second kappa shape index (κ2) is 7.62. The van der Waals surface area contributed by atoms with Gasteiger partial charge >= 0.3 is 0 Å². The molecule has 0 amide bonds. The van der Waals surface area contributed by atoms with E-state index in [1.165, 1.54) is 16.8 Å². The number of aryl methyl sites for hydroxylation is 2. The van der Waals surface area contributed by atoms with Crippen LogP contribution in [0.1, 0.15) is 32.8 Å². The zero-order valence-corrected chi connectivity index (χ0v) is 12.7. The van der Waals surface area contributed by atoms with Gasteiger partial charge in [0.05, 0.1) is 5.69 Å². The van der Waals surface area contributed by atoms with Crippen LogP contribution < -0.4 is 5.32 Å². The summed E-state index contributed by atoms with van der Waals surface area (Å²) in [4.78, 5) is 0. The van der Waals surface area contributed by atoms with Crippen LogP contribution in [0.3, 0.4) is 0 Å². The highest BCUT2D eigenvalue weighted by molar-refractivity contribution is 5.65. The molecule has 1 aromatic carbocycles. The highest BCUT2D eigenvalue weighted by Gasteiger charge is 2.05. The Morgan fingerprint density at radius 2 is 1.95 bits per heavy atom. The van der Waals surface area contributed by atoms with E-state index in [1.54, 1.807) is 0 Å². The van der Waals surface area contributed by atoms with Crippen LogP contribution in [0.25, 0.3) is 11.3 Å². The molecule has 2 aromatic rings. The number of anilines is 1. The van der Waals surface area contributed by atoms with Gasteiger partial charge in [0.2, 0.25) is 0 Å². The summed E-state index contributed by atoms with van der Waals surface area (Å²) in [6, 6.07) is 8.53. The topological polar surface area (TPSA) is 29.9 Å². The first-order valence-corrected chi connectivity index (χ1v) is 7.05. The maximum atomic E-state index is 4.43. The molecule has 3 heteroatoms. The molecule has 0 saturated carbocycles. The van der Waals surface area contributed by atoms with E-state index in [2.05, 4.69) is 35.5 Å². The first-order valence-electron chi connectivity index (χ1n) is 7.05. The van der Waals surface area contributed by atoms with E-state index < -0.39 is 0 Å². The van der Waals surface area contributed by atoms with E-state index >= 15 is 0 Å². The van der Waals surface area contributed by atoms with Gasteiger partial charge < -0.3 is 5.32 Å². The lowest BCUT2D eigenvalue weighted by Crippen LogP contribution is -1.96. The summed E-state index contributed by atoms with van der Waals surface area (Å²) in [5.41, 5.74) is 4.80. The number of nitrogens with one attached hydrogen (secondary N) is 1. The lowest BCUT2D eigenvalue weighted by molar-refractivity contribution is 0.771. The molecule has 0 aliphatic rings. The Morgan fingerprint density at radius 1 is 1.21 bits per heavy atom. The summed E-state index contributed by atoms with van der Waals surface area (Å²) in [5.74, 6) is 0. The SMILES string of the molecule is CC.CCCc1cc(-c2ccn(C)n2)ccc1NC. The van der Waals surface area contributed by atoms with Crippen LogP contribution in [-0.4, -0.2) is 16.8 Å². The molecule has 0 atom stereocenters. The van der Waals surface area contributed by atoms with Gasteiger partial charge in [-0.2, -0.15) is 5.10 Å². The summed E-state index contributed by atoms with van der Waals surface area (Å²) in [6.07, 6.45) is 4.22. The van der Waals surface area contributed by atoms with E-state index in [0.717, 1.165) is 18.5 Å². The zero-order valence-electron chi connectivity index (χ0n) is 12.7. The normalized spacial score (nSPS) is 9.74. The fourth-order valence-electron chi connectivity index (χ4n) is 2.04. The van der Waals surface area contributed by atoms with Gasteiger partial charge in [0.15, 0.2) is 0 Å². The first-order chi connectivity index (χ1) is 9.24. The highest BCUT2D eigenvalue weighted by Crippen LogP contribution is 2.24. The molecule has 104 valence electrons. The van der Waals surface area contributed by atoms with Crippen molar-refractivity contribution in [2.24, 2.45) is 7.05 Å². The van der Waals surface area contributed by atoms with Crippen molar-refractivity contribution >= 4 is 5.69 Å². The zero-order chi connectivity index (χ0) is 14.3. The number of aromatic nitrogens is 2. The molecule has 0 saturated heterocycles. The van der Waals surface area contributed by atoms with Crippen molar-refractivity contribution < 1.29 is 0 Å². The molecular weight excluding hydrogens is 234 g/mol. The van der Waals surface area contributed by atoms with Crippen molar-refractivity contribution in [3.63, 3.8) is 0 Å². The molecule has 1 aromatic heterocycles. The van der Waals surface area contributed by atoms with Crippen LogP contribution in [-0.2, 0) is 13.5 Å². The summed E-state index contributed by atoms with van der Waals surface area (Å²) in [7, 11) is 3.91. The van der Waals surface area contributed by atoms with Crippen LogP contribution in [0.2, 0.25) is 0 Å². The Labute approximate surface area is 116 Å². The van der Waals surface area contributed by atoms with E-state index in [4.69, 9.17) is 0 Å². The third kappa shape index (κ3) is 3.85. The Kier molecular flexibility index (Phi) is 6.13. The molecule has 0 radical (unpaired) electrons. The molecule has 19 heavy (non-hydrogen) atoms. The quantitative estimate of drug-likeness (QED) is 0.895. The minimum Gasteiger partial charge on any atom is -0.388 e. The van der Waals surface area contributed by atoms with Gasteiger partial charge in [0.1, 0.15) is 0 Å². The number of rotatable bonds is 4. The number of benzene rings is 1. The van der Waals surface area contributed by atoms with Crippen LogP contribution in [0.5, 0.6) is 0 Å². The predicted molar refractivity (Wildman–Crippen MR) is 83.5 cm³/mol. The summed E-state index contributed by atoms with van der Waals surface area (Å²) in [5, 5.41) is 7.67. The van der Waals surface area contributed by atoms with Crippen molar-refractivity contribution in [1.29, 1.82) is 0 Å². The summed E-state index contributed by atoms with van der Waals surface area (Å²) >= 11 is 0. The molecule has 3 nitrogen and oxygen atoms in total. The van der Waals surface area contributed by atoms with Gasteiger partial charge in [-0.05, 0) is 30.2 Å². The highest BCUT2D eigenvalue weighted by atomic mass is 15.2. The van der Waals surface area contributed by atoms with Crippen molar-refractivity contribution in [2.45, 2.75) is 33.6 Å². The molecule has 1 N–H and O–H groups in total. The summed E-state index contributed by atoms with van der Waals surface area (Å²) in [6.45, 7) is 6.20. The van der Waals surface area contributed by atoms with Crippen LogP contribution in [0.4, 0.5) is 5.69 Å². The molecule has 0 fully saturated rings. The van der Waals surface area contributed by atoms with Gasteiger partial charge in [-0.15, -0.1) is 0 Å². The van der Waals surface area contributed by atoms with Crippen molar-refractivity contribution in [3.05, 3.63) is 36.0 Å². The molecular formula is C16H25N3. The minimum absolute atomic E-state index is 1.03.